The third-order valence-corrected chi connectivity index (χ3v) is 7.41. The number of likely N-dealkylation sites (tertiary alicyclic amines) is 1. The molecule has 0 bridgehead atoms. The third-order valence-electron chi connectivity index (χ3n) is 6.43. The zero-order valence-electron chi connectivity index (χ0n) is 19.8. The maximum absolute atomic E-state index is 13.6. The predicted octanol–water partition coefficient (Wildman–Crippen LogP) is 5.67. The van der Waals surface area contributed by atoms with Crippen molar-refractivity contribution in [2.75, 3.05) is 13.1 Å². The first kappa shape index (κ1) is 23.3. The second-order valence-corrected chi connectivity index (χ2v) is 9.90. The first-order valence-corrected chi connectivity index (χ1v) is 12.7. The molecule has 4 aromatic rings. The summed E-state index contributed by atoms with van der Waals surface area (Å²) < 4.78 is 15.1. The van der Waals surface area contributed by atoms with Crippen LogP contribution in [-0.2, 0) is 5.75 Å². The Bertz CT molecular complexity index is 1470. The van der Waals surface area contributed by atoms with Gasteiger partial charge in [0.1, 0.15) is 5.82 Å². The van der Waals surface area contributed by atoms with Crippen molar-refractivity contribution >= 4 is 28.6 Å². The molecule has 35 heavy (non-hydrogen) atoms. The molecule has 0 radical (unpaired) electrons. The topological polar surface area (TPSA) is 55.2 Å². The fraction of sp³-hybridized carbons (Fsp3) is 0.250. The molecule has 7 heteroatoms. The number of benzene rings is 3. The van der Waals surface area contributed by atoms with E-state index in [2.05, 4.69) is 32.0 Å². The van der Waals surface area contributed by atoms with Crippen molar-refractivity contribution in [3.63, 3.8) is 0 Å². The highest BCUT2D eigenvalue weighted by Crippen LogP contribution is 2.27. The second-order valence-electron chi connectivity index (χ2n) is 8.96. The third kappa shape index (κ3) is 4.73. The van der Waals surface area contributed by atoms with Gasteiger partial charge < -0.3 is 4.90 Å². The zero-order chi connectivity index (χ0) is 24.5. The number of hydrogen-bond acceptors (Lipinski definition) is 4. The Morgan fingerprint density at radius 3 is 2.49 bits per heavy atom. The van der Waals surface area contributed by atoms with Gasteiger partial charge >= 0.3 is 0 Å². The van der Waals surface area contributed by atoms with Crippen molar-refractivity contribution in [3.8, 4) is 5.69 Å². The minimum absolute atomic E-state index is 0.0292. The Hall–Kier alpha value is -3.45. The van der Waals surface area contributed by atoms with E-state index >= 15 is 0 Å². The fourth-order valence-corrected chi connectivity index (χ4v) is 5.49. The SMILES string of the molecule is Cc1ccc(C)c(CSc2nc3cc(C(=O)N4CCCC4)ccc3c(=O)n2-c2ccc(F)cc2)c1. The smallest absolute Gasteiger partial charge is 0.266 e. The van der Waals surface area contributed by atoms with Crippen molar-refractivity contribution in [2.45, 2.75) is 37.6 Å². The normalized spacial score (nSPS) is 13.5. The fourth-order valence-electron chi connectivity index (χ4n) is 4.41. The molecule has 1 aliphatic heterocycles. The van der Waals surface area contributed by atoms with Crippen LogP contribution in [0, 0.1) is 19.7 Å². The van der Waals surface area contributed by atoms with Gasteiger partial charge in [-0.2, -0.15) is 0 Å². The minimum Gasteiger partial charge on any atom is -0.339 e. The number of rotatable bonds is 5. The number of thioether (sulfide) groups is 1. The van der Waals surface area contributed by atoms with E-state index in [1.807, 2.05) is 4.90 Å². The highest BCUT2D eigenvalue weighted by Gasteiger charge is 2.21. The average molecular weight is 488 g/mol. The summed E-state index contributed by atoms with van der Waals surface area (Å²) in [6.07, 6.45) is 2.03. The number of carbonyl (C=O) groups excluding carboxylic acids is 1. The Morgan fingerprint density at radius 2 is 1.74 bits per heavy atom. The number of hydrogen-bond donors (Lipinski definition) is 0. The van der Waals surface area contributed by atoms with Crippen molar-refractivity contribution < 1.29 is 9.18 Å². The van der Waals surface area contributed by atoms with Crippen LogP contribution in [0.4, 0.5) is 4.39 Å². The van der Waals surface area contributed by atoms with Gasteiger partial charge in [0.05, 0.1) is 16.6 Å². The molecule has 5 rings (SSSR count). The summed E-state index contributed by atoms with van der Waals surface area (Å²) in [5.41, 5.74) is 4.82. The summed E-state index contributed by atoms with van der Waals surface area (Å²) in [5, 5.41) is 0.921. The van der Waals surface area contributed by atoms with Crippen LogP contribution in [-0.4, -0.2) is 33.4 Å². The van der Waals surface area contributed by atoms with E-state index in [-0.39, 0.29) is 17.3 Å². The highest BCUT2D eigenvalue weighted by molar-refractivity contribution is 7.98. The second kappa shape index (κ2) is 9.66. The largest absolute Gasteiger partial charge is 0.339 e. The summed E-state index contributed by atoms with van der Waals surface area (Å²) in [6.45, 7) is 5.63. The van der Waals surface area contributed by atoms with E-state index in [1.54, 1.807) is 30.3 Å². The summed E-state index contributed by atoms with van der Waals surface area (Å²) in [6, 6.07) is 17.2. The quantitative estimate of drug-likeness (QED) is 0.269. The van der Waals surface area contributed by atoms with Gasteiger partial charge in [-0.3, -0.25) is 14.2 Å². The van der Waals surface area contributed by atoms with Crippen LogP contribution < -0.4 is 5.56 Å². The van der Waals surface area contributed by atoms with Crippen molar-refractivity contribution in [2.24, 2.45) is 0 Å². The number of fused-ring (bicyclic) bond motifs is 1. The molecular formula is C28H26FN3O2S. The van der Waals surface area contributed by atoms with Gasteiger partial charge in [-0.15, -0.1) is 0 Å². The lowest BCUT2D eigenvalue weighted by Gasteiger charge is -2.17. The zero-order valence-corrected chi connectivity index (χ0v) is 20.6. The molecule has 1 amide bonds. The van der Waals surface area contributed by atoms with E-state index in [4.69, 9.17) is 4.98 Å². The molecule has 1 saturated heterocycles. The molecule has 2 heterocycles. The van der Waals surface area contributed by atoms with Crippen LogP contribution in [0.25, 0.3) is 16.6 Å². The monoisotopic (exact) mass is 487 g/mol. The summed E-state index contributed by atoms with van der Waals surface area (Å²) in [4.78, 5) is 33.2. The molecule has 1 fully saturated rings. The van der Waals surface area contributed by atoms with Gasteiger partial charge in [-0.05, 0) is 80.3 Å². The minimum atomic E-state index is -0.370. The molecule has 0 unspecified atom stereocenters. The van der Waals surface area contributed by atoms with Gasteiger partial charge in [-0.25, -0.2) is 9.37 Å². The standard InChI is InChI=1S/C28H26FN3O2S/c1-18-5-6-19(2)21(15-18)17-35-28-30-25-16-20(26(33)31-13-3-4-14-31)7-12-24(25)27(34)32(28)23-10-8-22(29)9-11-23/h5-12,15-16H,3-4,13-14,17H2,1-2H3. The Balaban J connectivity index is 1.61. The molecule has 0 saturated carbocycles. The number of nitrogens with zero attached hydrogens (tertiary/aromatic N) is 3. The first-order chi connectivity index (χ1) is 16.9. The van der Waals surface area contributed by atoms with Crippen molar-refractivity contribution in [1.29, 1.82) is 0 Å². The van der Waals surface area contributed by atoms with E-state index < -0.39 is 0 Å². The van der Waals surface area contributed by atoms with E-state index in [0.717, 1.165) is 37.1 Å². The summed E-state index contributed by atoms with van der Waals surface area (Å²) >= 11 is 1.45. The Morgan fingerprint density at radius 1 is 1.00 bits per heavy atom. The molecular weight excluding hydrogens is 461 g/mol. The average Bonchev–Trinajstić information content (AvgIpc) is 3.40. The number of carbonyl (C=O) groups is 1. The van der Waals surface area contributed by atoms with Gasteiger partial charge in [0.25, 0.3) is 11.5 Å². The Kier molecular flexibility index (Phi) is 6.43. The van der Waals surface area contributed by atoms with E-state index in [0.29, 0.717) is 33.1 Å². The van der Waals surface area contributed by atoms with Crippen LogP contribution in [0.2, 0.25) is 0 Å². The molecule has 3 aromatic carbocycles. The van der Waals surface area contributed by atoms with E-state index in [9.17, 15) is 14.0 Å². The Labute approximate surface area is 207 Å². The maximum atomic E-state index is 13.6. The number of aryl methyl sites for hydroxylation is 2. The van der Waals surface area contributed by atoms with Crippen LogP contribution >= 0.6 is 11.8 Å². The van der Waals surface area contributed by atoms with Crippen LogP contribution in [0.1, 0.15) is 39.9 Å². The van der Waals surface area contributed by atoms with Crippen LogP contribution in [0.3, 0.4) is 0 Å². The van der Waals surface area contributed by atoms with Gasteiger partial charge in [0, 0.05) is 24.4 Å². The number of aromatic nitrogens is 2. The van der Waals surface area contributed by atoms with Crippen LogP contribution in [0.5, 0.6) is 0 Å². The lowest BCUT2D eigenvalue weighted by Crippen LogP contribution is -2.28. The maximum Gasteiger partial charge on any atom is 0.266 e. The number of amides is 1. The molecule has 1 aromatic heterocycles. The van der Waals surface area contributed by atoms with Gasteiger partial charge in [-0.1, -0.05) is 35.5 Å². The van der Waals surface area contributed by atoms with Crippen molar-refractivity contribution in [1.82, 2.24) is 14.5 Å². The highest BCUT2D eigenvalue weighted by atomic mass is 32.2. The summed E-state index contributed by atoms with van der Waals surface area (Å²) in [5.74, 6) is 0.225. The first-order valence-electron chi connectivity index (χ1n) is 11.7. The lowest BCUT2D eigenvalue weighted by atomic mass is 10.1. The number of halogens is 1. The predicted molar refractivity (Wildman–Crippen MR) is 138 cm³/mol. The molecule has 178 valence electrons. The molecule has 0 atom stereocenters. The molecule has 5 nitrogen and oxygen atoms in total. The molecule has 0 aliphatic carbocycles. The van der Waals surface area contributed by atoms with Crippen molar-refractivity contribution in [3.05, 3.63) is 99.1 Å². The van der Waals surface area contributed by atoms with Gasteiger partial charge in [0.15, 0.2) is 5.16 Å². The molecule has 1 aliphatic rings. The summed E-state index contributed by atoms with van der Waals surface area (Å²) in [7, 11) is 0. The molecule has 0 N–H and O–H groups in total. The van der Waals surface area contributed by atoms with E-state index in [1.165, 1.54) is 34.0 Å². The molecule has 0 spiro atoms. The van der Waals surface area contributed by atoms with Gasteiger partial charge in [0.2, 0.25) is 0 Å². The lowest BCUT2D eigenvalue weighted by molar-refractivity contribution is 0.0793. The van der Waals surface area contributed by atoms with Crippen LogP contribution in [0.15, 0.2) is 70.6 Å².